The molecular weight excluding hydrogens is 240 g/mol. The molecule has 0 heteroatoms. The Bertz CT molecular complexity index is 520. The largest absolute Gasteiger partial charge is 0.0915 e. The van der Waals surface area contributed by atoms with Crippen molar-refractivity contribution in [1.29, 1.82) is 0 Å². The van der Waals surface area contributed by atoms with Crippen LogP contribution < -0.4 is 0 Å². The van der Waals surface area contributed by atoms with Crippen LogP contribution in [0, 0.1) is 0 Å². The second kappa shape index (κ2) is 10.9. The molecule has 0 saturated carbocycles. The van der Waals surface area contributed by atoms with Gasteiger partial charge in [0.05, 0.1) is 0 Å². The van der Waals surface area contributed by atoms with E-state index in [2.05, 4.69) is 42.8 Å². The minimum Gasteiger partial charge on any atom is -0.0915 e. The fraction of sp³-hybridized carbons (Fsp3) is 0.300. The maximum atomic E-state index is 4.07. The zero-order valence-electron chi connectivity index (χ0n) is 13.3. The lowest BCUT2D eigenvalue weighted by Gasteiger charge is -2.08. The Morgan fingerprint density at radius 3 is 2.15 bits per heavy atom. The van der Waals surface area contributed by atoms with E-state index in [4.69, 9.17) is 0 Å². The third-order valence-corrected chi connectivity index (χ3v) is 2.68. The van der Waals surface area contributed by atoms with Crippen LogP contribution in [0.1, 0.15) is 40.5 Å². The maximum absolute atomic E-state index is 4.07. The van der Waals surface area contributed by atoms with Crippen molar-refractivity contribution in [3.05, 3.63) is 83.4 Å². The average molecular weight is 266 g/mol. The molecule has 0 radical (unpaired) electrons. The number of hydrogen-bond donors (Lipinski definition) is 0. The highest BCUT2D eigenvalue weighted by Gasteiger charge is 2.02. The van der Waals surface area contributed by atoms with Crippen molar-refractivity contribution in [2.45, 2.75) is 40.5 Å². The third-order valence-electron chi connectivity index (χ3n) is 2.68. The van der Waals surface area contributed by atoms with Crippen molar-refractivity contribution in [2.75, 3.05) is 0 Å². The van der Waals surface area contributed by atoms with Gasteiger partial charge >= 0.3 is 0 Å². The molecular formula is C20H26. The lowest BCUT2D eigenvalue weighted by atomic mass is 9.97. The zero-order valence-corrected chi connectivity index (χ0v) is 13.3. The first-order chi connectivity index (χ1) is 9.77. The first kappa shape index (κ1) is 18.0. The first-order valence-electron chi connectivity index (χ1n) is 7.41. The molecule has 20 heavy (non-hydrogen) atoms. The Balaban J connectivity index is 0.000000829. The van der Waals surface area contributed by atoms with Gasteiger partial charge in [0.25, 0.3) is 0 Å². The molecule has 0 aromatic rings. The Hall–Kier alpha value is -2.00. The Kier molecular flexibility index (Phi) is 9.79. The maximum Gasteiger partial charge on any atom is 0.0398 e. The summed E-state index contributed by atoms with van der Waals surface area (Å²) in [7, 11) is 0. The Morgan fingerprint density at radius 1 is 1.10 bits per heavy atom. The summed E-state index contributed by atoms with van der Waals surface area (Å²) in [6.45, 7) is 16.0. The van der Waals surface area contributed by atoms with Gasteiger partial charge in [-0.25, -0.2) is 0 Å². The highest BCUT2D eigenvalue weighted by Crippen LogP contribution is 2.21. The average Bonchev–Trinajstić information content (AvgIpc) is 2.48. The number of hydrogen-bond acceptors (Lipinski definition) is 0. The molecule has 0 aromatic heterocycles. The molecule has 0 amide bonds. The van der Waals surface area contributed by atoms with Crippen molar-refractivity contribution in [3.8, 4) is 0 Å². The summed E-state index contributed by atoms with van der Waals surface area (Å²) in [6, 6.07) is 0. The highest BCUT2D eigenvalue weighted by atomic mass is 14.1. The van der Waals surface area contributed by atoms with E-state index < -0.39 is 0 Å². The van der Waals surface area contributed by atoms with Gasteiger partial charge in [-0.15, -0.1) is 0 Å². The summed E-state index contributed by atoms with van der Waals surface area (Å²) in [4.78, 5) is 0. The van der Waals surface area contributed by atoms with E-state index in [-0.39, 0.29) is 0 Å². The molecule has 2 aliphatic rings. The van der Waals surface area contributed by atoms with E-state index in [9.17, 15) is 0 Å². The van der Waals surface area contributed by atoms with Crippen molar-refractivity contribution in [3.63, 3.8) is 0 Å². The van der Waals surface area contributed by atoms with Crippen LogP contribution in [0.2, 0.25) is 0 Å². The molecule has 0 atom stereocenters. The van der Waals surface area contributed by atoms with E-state index in [1.807, 2.05) is 45.9 Å². The molecule has 0 heterocycles. The molecule has 0 nitrogen and oxygen atoms in total. The van der Waals surface area contributed by atoms with Crippen LogP contribution in [0.4, 0.5) is 0 Å². The fourth-order valence-corrected chi connectivity index (χ4v) is 1.59. The van der Waals surface area contributed by atoms with Crippen molar-refractivity contribution in [1.82, 2.24) is 0 Å². The van der Waals surface area contributed by atoms with E-state index >= 15 is 0 Å². The zero-order chi connectivity index (χ0) is 15.4. The van der Waals surface area contributed by atoms with Crippen LogP contribution in [0.5, 0.6) is 0 Å². The number of rotatable bonds is 4. The molecule has 0 fully saturated rings. The summed E-state index contributed by atoms with van der Waals surface area (Å²) in [6.07, 6.45) is 14.5. The quantitative estimate of drug-likeness (QED) is 0.417. The van der Waals surface area contributed by atoms with E-state index in [0.29, 0.717) is 0 Å². The van der Waals surface area contributed by atoms with Gasteiger partial charge in [-0.2, -0.15) is 0 Å². The molecule has 106 valence electrons. The third kappa shape index (κ3) is 5.76. The van der Waals surface area contributed by atoms with Crippen LogP contribution in [-0.2, 0) is 0 Å². The van der Waals surface area contributed by atoms with Crippen LogP contribution >= 0.6 is 0 Å². The van der Waals surface area contributed by atoms with Gasteiger partial charge in [-0.05, 0) is 29.6 Å². The summed E-state index contributed by atoms with van der Waals surface area (Å²) in [5.74, 6) is 0. The monoisotopic (exact) mass is 266 g/mol. The minimum atomic E-state index is 0.965. The minimum absolute atomic E-state index is 0.965. The van der Waals surface area contributed by atoms with Gasteiger partial charge in [-0.1, -0.05) is 82.7 Å². The summed E-state index contributed by atoms with van der Waals surface area (Å²) in [5, 5.41) is 0. The predicted molar refractivity (Wildman–Crippen MR) is 91.7 cm³/mol. The molecule has 0 saturated heterocycles. The van der Waals surface area contributed by atoms with Crippen molar-refractivity contribution in [2.24, 2.45) is 0 Å². The molecule has 0 N–H and O–H groups in total. The van der Waals surface area contributed by atoms with E-state index in [1.54, 1.807) is 0 Å². The van der Waals surface area contributed by atoms with Gasteiger partial charge in [0.15, 0.2) is 0 Å². The van der Waals surface area contributed by atoms with Gasteiger partial charge in [-0.3, -0.25) is 0 Å². The van der Waals surface area contributed by atoms with E-state index in [0.717, 1.165) is 29.6 Å². The van der Waals surface area contributed by atoms with Gasteiger partial charge in [0.1, 0.15) is 0 Å². The molecule has 2 aliphatic carbocycles. The molecule has 2 rings (SSSR count). The van der Waals surface area contributed by atoms with E-state index in [1.165, 1.54) is 5.57 Å². The fourth-order valence-electron chi connectivity index (χ4n) is 1.59. The van der Waals surface area contributed by atoms with Crippen LogP contribution in [0.15, 0.2) is 83.4 Å². The van der Waals surface area contributed by atoms with Crippen molar-refractivity contribution >= 4 is 0 Å². The lowest BCUT2D eigenvalue weighted by molar-refractivity contribution is 0.979. The van der Waals surface area contributed by atoms with Crippen LogP contribution in [0.25, 0.3) is 0 Å². The molecule has 0 bridgehead atoms. The molecule has 0 aromatic carbocycles. The molecule has 0 unspecified atom stereocenters. The molecule has 0 spiro atoms. The topological polar surface area (TPSA) is 0 Å². The first-order valence-corrected chi connectivity index (χ1v) is 7.41. The van der Waals surface area contributed by atoms with Gasteiger partial charge < -0.3 is 0 Å². The normalized spacial score (nSPS) is 14.2. The Labute approximate surface area is 124 Å². The number of allylic oxidation sites excluding steroid dienone is 10. The highest BCUT2D eigenvalue weighted by molar-refractivity contribution is 5.51. The predicted octanol–water partition coefficient (Wildman–Crippen LogP) is 6.23. The smallest absolute Gasteiger partial charge is 0.0398 e. The SMILES string of the molecule is C=C(/C=C\C(=C)C1=CC=CCC1)C1=C=C=C1.CC.CC. The van der Waals surface area contributed by atoms with Crippen LogP contribution in [0.3, 0.4) is 0 Å². The summed E-state index contributed by atoms with van der Waals surface area (Å²) >= 11 is 0. The lowest BCUT2D eigenvalue weighted by Crippen LogP contribution is -1.89. The summed E-state index contributed by atoms with van der Waals surface area (Å²) < 4.78 is 0. The van der Waals surface area contributed by atoms with Gasteiger partial charge in [0, 0.05) is 11.6 Å². The summed E-state index contributed by atoms with van der Waals surface area (Å²) in [5.41, 5.74) is 10.2. The second-order valence-electron chi connectivity index (χ2n) is 3.87. The second-order valence-corrected chi connectivity index (χ2v) is 3.87. The Morgan fingerprint density at radius 2 is 1.70 bits per heavy atom. The van der Waals surface area contributed by atoms with Crippen molar-refractivity contribution < 1.29 is 0 Å². The van der Waals surface area contributed by atoms with Crippen LogP contribution in [-0.4, -0.2) is 0 Å². The van der Waals surface area contributed by atoms with Gasteiger partial charge in [0.2, 0.25) is 0 Å². The molecule has 0 aliphatic heterocycles. The standard InChI is InChI=1S/C16H14.2C2H6/c1-13(15-7-4-3-5-8-15)11-12-14(2)16-9-6-10-16;2*1-2/h3-4,7,9,11-12H,1-2,5,8H2;2*1-2H3/b12-11-;;.